The van der Waals surface area contributed by atoms with Crippen LogP contribution in [0.25, 0.3) is 11.0 Å². The Morgan fingerprint density at radius 2 is 2.18 bits per heavy atom. The van der Waals surface area contributed by atoms with E-state index in [9.17, 15) is 9.90 Å². The van der Waals surface area contributed by atoms with Gasteiger partial charge in [0.05, 0.1) is 23.6 Å². The molecule has 5 nitrogen and oxygen atoms in total. The Hall–Kier alpha value is -1.88. The van der Waals surface area contributed by atoms with Gasteiger partial charge in [-0.15, -0.1) is 0 Å². The zero-order chi connectivity index (χ0) is 12.3. The third-order valence-electron chi connectivity index (χ3n) is 2.56. The van der Waals surface area contributed by atoms with Crippen molar-refractivity contribution in [2.45, 2.75) is 25.4 Å². The van der Waals surface area contributed by atoms with E-state index in [1.54, 1.807) is 0 Å². The van der Waals surface area contributed by atoms with E-state index in [0.717, 1.165) is 16.9 Å². The fourth-order valence-corrected chi connectivity index (χ4v) is 1.73. The number of aryl methyl sites for hydroxylation is 1. The average molecular weight is 234 g/mol. The lowest BCUT2D eigenvalue weighted by Crippen LogP contribution is -2.13. The van der Waals surface area contributed by atoms with Gasteiger partial charge in [-0.25, -0.2) is 4.98 Å². The number of nitrogens with zero attached hydrogens (tertiary/aromatic N) is 1. The summed E-state index contributed by atoms with van der Waals surface area (Å²) in [6.07, 6.45) is -0.101. The number of nitrogens with one attached hydrogen (secondary N) is 1. The van der Waals surface area contributed by atoms with E-state index in [1.807, 2.05) is 24.3 Å². The number of hydrogen-bond acceptors (Lipinski definition) is 3. The lowest BCUT2D eigenvalue weighted by molar-refractivity contribution is -0.139. The van der Waals surface area contributed by atoms with Crippen LogP contribution in [0.4, 0.5) is 0 Å². The van der Waals surface area contributed by atoms with Gasteiger partial charge in [0.1, 0.15) is 5.82 Å². The van der Waals surface area contributed by atoms with Crippen LogP contribution in [0.3, 0.4) is 0 Å². The predicted molar refractivity (Wildman–Crippen MR) is 62.7 cm³/mol. The molecular weight excluding hydrogens is 220 g/mol. The second-order valence-corrected chi connectivity index (χ2v) is 3.99. The molecule has 0 bridgehead atoms. The highest BCUT2D eigenvalue weighted by molar-refractivity contribution is 5.74. The Morgan fingerprint density at radius 3 is 2.88 bits per heavy atom. The predicted octanol–water partition coefficient (Wildman–Crippen LogP) is 1.33. The van der Waals surface area contributed by atoms with Crippen LogP contribution in [0.2, 0.25) is 0 Å². The summed E-state index contributed by atoms with van der Waals surface area (Å²) in [5, 5.41) is 17.9. The van der Waals surface area contributed by atoms with Gasteiger partial charge < -0.3 is 15.2 Å². The largest absolute Gasteiger partial charge is 0.481 e. The number of carboxylic acids is 1. The topological polar surface area (TPSA) is 86.2 Å². The van der Waals surface area contributed by atoms with E-state index in [4.69, 9.17) is 5.11 Å². The maximum atomic E-state index is 10.4. The molecule has 90 valence electrons. The summed E-state index contributed by atoms with van der Waals surface area (Å²) in [6.45, 7) is 0. The first-order valence-electron chi connectivity index (χ1n) is 5.48. The Labute approximate surface area is 98.1 Å². The smallest absolute Gasteiger partial charge is 0.305 e. The van der Waals surface area contributed by atoms with Gasteiger partial charge >= 0.3 is 5.97 Å². The van der Waals surface area contributed by atoms with Crippen LogP contribution in [0.5, 0.6) is 0 Å². The van der Waals surface area contributed by atoms with Crippen LogP contribution in [-0.4, -0.2) is 32.3 Å². The number of imidazole rings is 1. The number of para-hydroxylation sites is 2. The summed E-state index contributed by atoms with van der Waals surface area (Å²) >= 11 is 0. The highest BCUT2D eigenvalue weighted by atomic mass is 16.4. The summed E-state index contributed by atoms with van der Waals surface area (Å²) < 4.78 is 0. The average Bonchev–Trinajstić information content (AvgIpc) is 2.68. The number of H-pyrrole nitrogens is 1. The molecule has 0 aliphatic rings. The maximum Gasteiger partial charge on any atom is 0.305 e. The quantitative estimate of drug-likeness (QED) is 0.728. The van der Waals surface area contributed by atoms with Crippen LogP contribution in [-0.2, 0) is 11.2 Å². The number of carboxylic acid groups (broad SMARTS) is 1. The summed E-state index contributed by atoms with van der Waals surface area (Å²) in [7, 11) is 0. The van der Waals surface area contributed by atoms with Crippen LogP contribution in [0, 0.1) is 0 Å². The van der Waals surface area contributed by atoms with Crippen molar-refractivity contribution in [3.05, 3.63) is 30.1 Å². The van der Waals surface area contributed by atoms with Crippen molar-refractivity contribution in [2.24, 2.45) is 0 Å². The zero-order valence-corrected chi connectivity index (χ0v) is 9.26. The van der Waals surface area contributed by atoms with Crippen LogP contribution < -0.4 is 0 Å². The van der Waals surface area contributed by atoms with Gasteiger partial charge in [0.2, 0.25) is 0 Å². The van der Waals surface area contributed by atoms with Crippen molar-refractivity contribution in [1.29, 1.82) is 0 Å². The second kappa shape index (κ2) is 4.97. The van der Waals surface area contributed by atoms with Gasteiger partial charge in [-0.2, -0.15) is 0 Å². The lowest BCUT2D eigenvalue weighted by Gasteiger charge is -2.05. The van der Waals surface area contributed by atoms with Crippen LogP contribution >= 0.6 is 0 Å². The number of fused-ring (bicyclic) bond motifs is 1. The first-order chi connectivity index (χ1) is 8.15. The summed E-state index contributed by atoms with van der Waals surface area (Å²) in [6, 6.07) is 7.66. The lowest BCUT2D eigenvalue weighted by atomic mass is 10.1. The van der Waals surface area contributed by atoms with Crippen molar-refractivity contribution in [3.63, 3.8) is 0 Å². The first kappa shape index (κ1) is 11.6. The fourth-order valence-electron chi connectivity index (χ4n) is 1.73. The molecule has 0 amide bonds. The molecule has 1 heterocycles. The van der Waals surface area contributed by atoms with Gasteiger partial charge in [-0.05, 0) is 18.6 Å². The normalized spacial score (nSPS) is 12.8. The van der Waals surface area contributed by atoms with E-state index < -0.39 is 12.1 Å². The number of carbonyl (C=O) groups is 1. The van der Waals surface area contributed by atoms with E-state index >= 15 is 0 Å². The van der Waals surface area contributed by atoms with Gasteiger partial charge in [0.15, 0.2) is 0 Å². The number of aliphatic carboxylic acids is 1. The second-order valence-electron chi connectivity index (χ2n) is 3.99. The summed E-state index contributed by atoms with van der Waals surface area (Å²) in [5.74, 6) is -0.210. The zero-order valence-electron chi connectivity index (χ0n) is 9.26. The number of aromatic amines is 1. The van der Waals surface area contributed by atoms with Crippen LogP contribution in [0.1, 0.15) is 18.7 Å². The molecule has 1 atom stereocenters. The molecular formula is C12H14N2O3. The SMILES string of the molecule is O=C(O)C[C@@H](O)CCc1nc2ccccc2[nH]1. The fraction of sp³-hybridized carbons (Fsp3) is 0.333. The molecule has 2 rings (SSSR count). The maximum absolute atomic E-state index is 10.4. The number of aliphatic hydroxyl groups excluding tert-OH is 1. The number of aliphatic hydroxyl groups is 1. The van der Waals surface area contributed by atoms with Gasteiger partial charge in [0, 0.05) is 6.42 Å². The molecule has 17 heavy (non-hydrogen) atoms. The third kappa shape index (κ3) is 3.04. The van der Waals surface area contributed by atoms with E-state index in [0.29, 0.717) is 12.8 Å². The Bertz CT molecular complexity index is 488. The van der Waals surface area contributed by atoms with E-state index in [-0.39, 0.29) is 6.42 Å². The van der Waals surface area contributed by atoms with Crippen molar-refractivity contribution >= 4 is 17.0 Å². The minimum atomic E-state index is -0.984. The van der Waals surface area contributed by atoms with Gasteiger partial charge in [0.25, 0.3) is 0 Å². The van der Waals surface area contributed by atoms with Crippen molar-refractivity contribution in [1.82, 2.24) is 9.97 Å². The molecule has 5 heteroatoms. The monoisotopic (exact) mass is 234 g/mol. The Morgan fingerprint density at radius 1 is 1.41 bits per heavy atom. The highest BCUT2D eigenvalue weighted by Gasteiger charge is 2.10. The van der Waals surface area contributed by atoms with Crippen molar-refractivity contribution in [2.75, 3.05) is 0 Å². The highest BCUT2D eigenvalue weighted by Crippen LogP contribution is 2.12. The minimum absolute atomic E-state index is 0.222. The molecule has 0 saturated heterocycles. The minimum Gasteiger partial charge on any atom is -0.481 e. The first-order valence-corrected chi connectivity index (χ1v) is 5.48. The molecule has 3 N–H and O–H groups in total. The molecule has 0 radical (unpaired) electrons. The molecule has 0 fully saturated rings. The van der Waals surface area contributed by atoms with Crippen molar-refractivity contribution < 1.29 is 15.0 Å². The molecule has 0 aliphatic heterocycles. The number of hydrogen-bond donors (Lipinski definition) is 3. The molecule has 2 aromatic rings. The Balaban J connectivity index is 1.97. The number of benzene rings is 1. The molecule has 1 aromatic carbocycles. The molecule has 1 aromatic heterocycles. The summed E-state index contributed by atoms with van der Waals surface area (Å²) in [4.78, 5) is 17.9. The number of aromatic nitrogens is 2. The van der Waals surface area contributed by atoms with Crippen molar-refractivity contribution in [3.8, 4) is 0 Å². The molecule has 0 unspecified atom stereocenters. The molecule has 0 spiro atoms. The molecule has 0 saturated carbocycles. The van der Waals surface area contributed by atoms with E-state index in [2.05, 4.69) is 9.97 Å². The third-order valence-corrected chi connectivity index (χ3v) is 2.56. The molecule has 0 aliphatic carbocycles. The number of rotatable bonds is 5. The van der Waals surface area contributed by atoms with Gasteiger partial charge in [-0.3, -0.25) is 4.79 Å². The van der Waals surface area contributed by atoms with Crippen LogP contribution in [0.15, 0.2) is 24.3 Å². The Kier molecular flexibility index (Phi) is 3.39. The van der Waals surface area contributed by atoms with E-state index in [1.165, 1.54) is 0 Å². The van der Waals surface area contributed by atoms with Gasteiger partial charge in [-0.1, -0.05) is 12.1 Å². The standard InChI is InChI=1S/C12H14N2O3/c15-8(7-12(16)17)5-6-11-13-9-3-1-2-4-10(9)14-11/h1-4,8,15H,5-7H2,(H,13,14)(H,16,17)/t8-/m0/s1. The summed E-state index contributed by atoms with van der Waals surface area (Å²) in [5.41, 5.74) is 1.84.